The standard InChI is InChI=1S/C29H42F2N2/c1-3-5-7-9-10-11-13-14-16-24-22-32-29(33-23-24)26-20-18-25(19-21-26)28(31)27(30)17-15-12-8-6-4-2/h18-23H,3-17H2,1-2H3/b28-27-. The number of rotatable bonds is 17. The first kappa shape index (κ1) is 27.1. The van der Waals surface area contributed by atoms with Crippen molar-refractivity contribution in [3.8, 4) is 11.4 Å². The second kappa shape index (κ2) is 16.5. The molecule has 0 bridgehead atoms. The van der Waals surface area contributed by atoms with Crippen molar-refractivity contribution in [2.75, 3.05) is 0 Å². The van der Waals surface area contributed by atoms with Crippen LogP contribution in [0.3, 0.4) is 0 Å². The number of aromatic nitrogens is 2. The van der Waals surface area contributed by atoms with Crippen molar-refractivity contribution >= 4 is 5.83 Å². The van der Waals surface area contributed by atoms with Gasteiger partial charge < -0.3 is 0 Å². The van der Waals surface area contributed by atoms with Gasteiger partial charge in [0.15, 0.2) is 11.7 Å². The highest BCUT2D eigenvalue weighted by atomic mass is 19.2. The van der Waals surface area contributed by atoms with Crippen LogP contribution in [0.1, 0.15) is 115 Å². The topological polar surface area (TPSA) is 25.8 Å². The van der Waals surface area contributed by atoms with Gasteiger partial charge in [0.2, 0.25) is 0 Å². The van der Waals surface area contributed by atoms with Gasteiger partial charge in [-0.05, 0) is 24.8 Å². The predicted octanol–water partition coefficient (Wildman–Crippen LogP) is 9.79. The van der Waals surface area contributed by atoms with Crippen molar-refractivity contribution in [1.82, 2.24) is 9.97 Å². The molecule has 0 radical (unpaired) electrons. The highest BCUT2D eigenvalue weighted by molar-refractivity contribution is 5.65. The summed E-state index contributed by atoms with van der Waals surface area (Å²) in [6.07, 6.45) is 20.4. The first-order valence-corrected chi connectivity index (χ1v) is 13.1. The molecule has 1 aromatic heterocycles. The highest BCUT2D eigenvalue weighted by Gasteiger charge is 2.10. The molecule has 182 valence electrons. The number of allylic oxidation sites excluding steroid dienone is 1. The minimum atomic E-state index is -0.751. The van der Waals surface area contributed by atoms with Gasteiger partial charge in [-0.25, -0.2) is 18.7 Å². The lowest BCUT2D eigenvalue weighted by atomic mass is 10.1. The number of unbranched alkanes of at least 4 members (excludes halogenated alkanes) is 11. The fourth-order valence-corrected chi connectivity index (χ4v) is 4.01. The minimum Gasteiger partial charge on any atom is -0.236 e. The normalized spacial score (nSPS) is 12.1. The van der Waals surface area contributed by atoms with Gasteiger partial charge in [-0.3, -0.25) is 0 Å². The third-order valence-corrected chi connectivity index (χ3v) is 6.16. The molecule has 2 aromatic rings. The first-order chi connectivity index (χ1) is 16.2. The number of nitrogens with zero attached hydrogens (tertiary/aromatic N) is 2. The predicted molar refractivity (Wildman–Crippen MR) is 136 cm³/mol. The van der Waals surface area contributed by atoms with Crippen molar-refractivity contribution in [2.24, 2.45) is 0 Å². The molecule has 0 atom stereocenters. The van der Waals surface area contributed by atoms with E-state index in [1.54, 1.807) is 24.3 Å². The van der Waals surface area contributed by atoms with E-state index in [9.17, 15) is 8.78 Å². The van der Waals surface area contributed by atoms with Crippen molar-refractivity contribution in [3.05, 3.63) is 53.6 Å². The molecule has 0 spiro atoms. The fraction of sp³-hybridized carbons (Fsp3) is 0.586. The molecular formula is C29H42F2N2. The van der Waals surface area contributed by atoms with Gasteiger partial charge in [-0.1, -0.05) is 109 Å². The molecular weight excluding hydrogens is 414 g/mol. The molecule has 1 heterocycles. The summed E-state index contributed by atoms with van der Waals surface area (Å²) in [5.74, 6) is -0.790. The molecule has 0 saturated carbocycles. The van der Waals surface area contributed by atoms with Gasteiger partial charge in [-0.15, -0.1) is 0 Å². The summed E-state index contributed by atoms with van der Waals surface area (Å²) < 4.78 is 28.6. The highest BCUT2D eigenvalue weighted by Crippen LogP contribution is 2.27. The zero-order valence-electron chi connectivity index (χ0n) is 20.7. The Bertz CT molecular complexity index is 797. The monoisotopic (exact) mass is 456 g/mol. The Hall–Kier alpha value is -2.10. The van der Waals surface area contributed by atoms with Crippen LogP contribution in [0, 0.1) is 0 Å². The summed E-state index contributed by atoms with van der Waals surface area (Å²) in [5, 5.41) is 0. The summed E-state index contributed by atoms with van der Waals surface area (Å²) >= 11 is 0. The van der Waals surface area contributed by atoms with Crippen LogP contribution in [0.2, 0.25) is 0 Å². The van der Waals surface area contributed by atoms with Crippen molar-refractivity contribution in [3.63, 3.8) is 0 Å². The largest absolute Gasteiger partial charge is 0.236 e. The summed E-state index contributed by atoms with van der Waals surface area (Å²) in [6.45, 7) is 4.39. The second-order valence-corrected chi connectivity index (χ2v) is 9.10. The minimum absolute atomic E-state index is 0.167. The van der Waals surface area contributed by atoms with Crippen molar-refractivity contribution in [2.45, 2.75) is 110 Å². The van der Waals surface area contributed by atoms with E-state index in [1.165, 1.54) is 51.4 Å². The fourth-order valence-electron chi connectivity index (χ4n) is 4.01. The lowest BCUT2D eigenvalue weighted by Gasteiger charge is -2.06. The smallest absolute Gasteiger partial charge is 0.161 e. The maximum Gasteiger partial charge on any atom is 0.161 e. The molecule has 2 rings (SSSR count). The maximum absolute atomic E-state index is 14.4. The third kappa shape index (κ3) is 10.6. The van der Waals surface area contributed by atoms with Crippen LogP contribution in [-0.2, 0) is 6.42 Å². The summed E-state index contributed by atoms with van der Waals surface area (Å²) in [4.78, 5) is 8.96. The Kier molecular flexibility index (Phi) is 13.6. The molecule has 1 aromatic carbocycles. The van der Waals surface area contributed by atoms with Gasteiger partial charge in [0, 0.05) is 29.9 Å². The van der Waals surface area contributed by atoms with Gasteiger partial charge in [0.25, 0.3) is 0 Å². The van der Waals surface area contributed by atoms with Gasteiger partial charge >= 0.3 is 0 Å². The van der Waals surface area contributed by atoms with E-state index >= 15 is 0 Å². The molecule has 0 fully saturated rings. The van der Waals surface area contributed by atoms with Gasteiger partial charge in [0.1, 0.15) is 5.83 Å². The second-order valence-electron chi connectivity index (χ2n) is 9.10. The average Bonchev–Trinajstić information content (AvgIpc) is 2.85. The molecule has 0 amide bonds. The van der Waals surface area contributed by atoms with Crippen molar-refractivity contribution < 1.29 is 8.78 Å². The maximum atomic E-state index is 14.4. The van der Waals surface area contributed by atoms with Crippen molar-refractivity contribution in [1.29, 1.82) is 0 Å². The molecule has 0 unspecified atom stereocenters. The van der Waals surface area contributed by atoms with E-state index < -0.39 is 11.7 Å². The van der Waals surface area contributed by atoms with Crippen LogP contribution in [0.25, 0.3) is 17.2 Å². The molecule has 0 N–H and O–H groups in total. The number of hydrogen-bond donors (Lipinski definition) is 0. The number of benzene rings is 1. The summed E-state index contributed by atoms with van der Waals surface area (Å²) in [7, 11) is 0. The SMILES string of the molecule is CCCCCCCCCCc1cnc(-c2ccc(/C(F)=C(/F)CCCCCCC)cc2)nc1. The van der Waals surface area contributed by atoms with Gasteiger partial charge in [0.05, 0.1) is 0 Å². The van der Waals surface area contributed by atoms with Crippen LogP contribution in [0.15, 0.2) is 42.5 Å². The summed E-state index contributed by atoms with van der Waals surface area (Å²) in [5.41, 5.74) is 2.23. The Balaban J connectivity index is 1.78. The van der Waals surface area contributed by atoms with Gasteiger partial charge in [-0.2, -0.15) is 0 Å². The number of aryl methyl sites for hydroxylation is 1. The zero-order valence-corrected chi connectivity index (χ0v) is 20.7. The third-order valence-electron chi connectivity index (χ3n) is 6.16. The molecule has 0 saturated heterocycles. The van der Waals surface area contributed by atoms with E-state index in [2.05, 4.69) is 23.8 Å². The van der Waals surface area contributed by atoms with E-state index in [4.69, 9.17) is 0 Å². The average molecular weight is 457 g/mol. The quantitative estimate of drug-likeness (QED) is 0.221. The number of hydrogen-bond acceptors (Lipinski definition) is 2. The Morgan fingerprint density at radius 3 is 1.76 bits per heavy atom. The van der Waals surface area contributed by atoms with Crippen LogP contribution in [-0.4, -0.2) is 9.97 Å². The lowest BCUT2D eigenvalue weighted by Crippen LogP contribution is -1.94. The van der Waals surface area contributed by atoms with E-state index in [0.29, 0.717) is 12.2 Å². The Morgan fingerprint density at radius 1 is 0.667 bits per heavy atom. The first-order valence-electron chi connectivity index (χ1n) is 13.1. The molecule has 4 heteroatoms. The number of halogens is 2. The Morgan fingerprint density at radius 2 is 1.18 bits per heavy atom. The molecule has 0 aliphatic carbocycles. The molecule has 0 aliphatic heterocycles. The van der Waals surface area contributed by atoms with Crippen LogP contribution < -0.4 is 0 Å². The Labute approximate surface area is 200 Å². The molecule has 0 aliphatic rings. The van der Waals surface area contributed by atoms with Crippen LogP contribution in [0.4, 0.5) is 8.78 Å². The van der Waals surface area contributed by atoms with E-state index in [1.807, 2.05) is 12.4 Å². The molecule has 33 heavy (non-hydrogen) atoms. The molecule has 2 nitrogen and oxygen atoms in total. The van der Waals surface area contributed by atoms with E-state index in [0.717, 1.165) is 43.2 Å². The lowest BCUT2D eigenvalue weighted by molar-refractivity contribution is 0.531. The van der Waals surface area contributed by atoms with Crippen LogP contribution in [0.5, 0.6) is 0 Å². The summed E-state index contributed by atoms with van der Waals surface area (Å²) in [6, 6.07) is 6.74. The van der Waals surface area contributed by atoms with Crippen LogP contribution >= 0.6 is 0 Å². The zero-order chi connectivity index (χ0) is 23.7. The van der Waals surface area contributed by atoms with E-state index in [-0.39, 0.29) is 12.0 Å².